The molecule has 1 aromatic carbocycles. The first-order valence-electron chi connectivity index (χ1n) is 12.6. The van der Waals surface area contributed by atoms with E-state index in [4.69, 9.17) is 9.94 Å². The number of hydrogen-bond donors (Lipinski definition) is 3. The van der Waals surface area contributed by atoms with Crippen molar-refractivity contribution in [2.24, 2.45) is 17.0 Å². The van der Waals surface area contributed by atoms with Crippen LogP contribution in [-0.4, -0.2) is 44.8 Å². The van der Waals surface area contributed by atoms with Crippen molar-refractivity contribution in [1.29, 1.82) is 0 Å². The first-order valence-corrected chi connectivity index (χ1v) is 12.6. The fraction of sp³-hybridized carbons (Fsp3) is 0.704. The predicted octanol–water partition coefficient (Wildman–Crippen LogP) is 5.49. The van der Waals surface area contributed by atoms with E-state index in [0.29, 0.717) is 38.5 Å². The normalized spacial score (nSPS) is 22.8. The van der Waals surface area contributed by atoms with Crippen molar-refractivity contribution in [2.45, 2.75) is 109 Å². The lowest BCUT2D eigenvalue weighted by molar-refractivity contribution is -0.137. The molecule has 0 aromatic heterocycles. The van der Waals surface area contributed by atoms with Crippen LogP contribution in [0.1, 0.15) is 90.5 Å². The van der Waals surface area contributed by atoms with Crippen LogP contribution in [0.5, 0.6) is 0 Å². The molecule has 1 aliphatic carbocycles. The third kappa shape index (κ3) is 10.5. The van der Waals surface area contributed by atoms with Gasteiger partial charge < -0.3 is 20.2 Å². The summed E-state index contributed by atoms with van der Waals surface area (Å²) in [5.41, 5.74) is 1.31. The van der Waals surface area contributed by atoms with E-state index >= 15 is 0 Å². The molecular weight excluding hydrogens is 437 g/mol. The fourth-order valence-electron chi connectivity index (χ4n) is 4.66. The summed E-state index contributed by atoms with van der Waals surface area (Å²) in [4.78, 5) is 16.3. The predicted molar refractivity (Wildman–Crippen MR) is 131 cm³/mol. The summed E-state index contributed by atoms with van der Waals surface area (Å²) in [6.45, 7) is 5.80. The molecule has 0 radical (unpaired) electrons. The Hall–Kier alpha value is -1.99. The van der Waals surface area contributed by atoms with Crippen LogP contribution in [0.3, 0.4) is 0 Å². The van der Waals surface area contributed by atoms with Gasteiger partial charge in [-0.05, 0) is 82.9 Å². The topological polar surface area (TPSA) is 99.4 Å². The van der Waals surface area contributed by atoms with Gasteiger partial charge in [-0.2, -0.15) is 0 Å². The van der Waals surface area contributed by atoms with Gasteiger partial charge in [0.05, 0.1) is 17.9 Å². The van der Waals surface area contributed by atoms with Crippen molar-refractivity contribution in [3.05, 3.63) is 35.6 Å². The minimum absolute atomic E-state index is 0.0418. The molecule has 1 fully saturated rings. The van der Waals surface area contributed by atoms with Crippen LogP contribution >= 0.6 is 0 Å². The molecule has 34 heavy (non-hydrogen) atoms. The van der Waals surface area contributed by atoms with Crippen LogP contribution in [0, 0.1) is 17.7 Å². The minimum atomic E-state index is -0.762. The molecule has 1 aliphatic rings. The van der Waals surface area contributed by atoms with Gasteiger partial charge in [0.15, 0.2) is 0 Å². The van der Waals surface area contributed by atoms with Crippen LogP contribution in [-0.2, 0) is 16.1 Å². The largest absolute Gasteiger partial charge is 0.481 e. The molecule has 0 spiro atoms. The summed E-state index contributed by atoms with van der Waals surface area (Å²) in [5.74, 6) is -0.934. The van der Waals surface area contributed by atoms with Crippen LogP contribution in [0.4, 0.5) is 4.39 Å². The average Bonchev–Trinajstić information content (AvgIpc) is 3.05. The lowest BCUT2D eigenvalue weighted by Crippen LogP contribution is -2.23. The Morgan fingerprint density at radius 2 is 1.91 bits per heavy atom. The Bertz CT molecular complexity index is 791. The number of benzene rings is 1. The molecule has 0 heterocycles. The van der Waals surface area contributed by atoms with E-state index < -0.39 is 23.8 Å². The minimum Gasteiger partial charge on any atom is -0.481 e. The van der Waals surface area contributed by atoms with Crippen LogP contribution in [0.25, 0.3) is 0 Å². The van der Waals surface area contributed by atoms with E-state index in [1.165, 1.54) is 12.1 Å². The van der Waals surface area contributed by atoms with Gasteiger partial charge in [0.2, 0.25) is 0 Å². The Labute approximate surface area is 203 Å². The first-order chi connectivity index (χ1) is 16.0. The zero-order valence-corrected chi connectivity index (χ0v) is 20.9. The molecule has 6 nitrogen and oxygen atoms in total. The summed E-state index contributed by atoms with van der Waals surface area (Å²) in [6, 6.07) is 6.46. The standard InChI is InChI=1S/C27H42FNO5/c1-27(2,3)34-29-24-18-25(31)23(11-6-4-5-7-12-26(32)33)22(24)16-15-21(30)14-13-19-9-8-10-20(28)17-19/h8-10,17,21-23,25,30-31H,4-7,11-16,18H2,1-3H3,(H,32,33)/t21-,22+,23+,25-/m0/s1. The van der Waals surface area contributed by atoms with Gasteiger partial charge in [-0.1, -0.05) is 36.6 Å². The number of rotatable bonds is 14. The van der Waals surface area contributed by atoms with Crippen LogP contribution in [0.2, 0.25) is 0 Å². The summed E-state index contributed by atoms with van der Waals surface area (Å²) in [5, 5.41) is 34.5. The van der Waals surface area contributed by atoms with Gasteiger partial charge in [0.25, 0.3) is 0 Å². The van der Waals surface area contributed by atoms with Crippen molar-refractivity contribution in [3.63, 3.8) is 0 Å². The highest BCUT2D eigenvalue weighted by atomic mass is 19.1. The molecular formula is C27H42FNO5. The van der Waals surface area contributed by atoms with Crippen molar-refractivity contribution in [1.82, 2.24) is 0 Å². The second kappa shape index (κ2) is 13.8. The number of oxime groups is 1. The number of aliphatic hydroxyl groups is 2. The van der Waals surface area contributed by atoms with Crippen molar-refractivity contribution in [2.75, 3.05) is 0 Å². The van der Waals surface area contributed by atoms with Gasteiger partial charge in [0, 0.05) is 18.8 Å². The van der Waals surface area contributed by atoms with E-state index in [-0.39, 0.29) is 24.1 Å². The zero-order chi connectivity index (χ0) is 25.1. The Balaban J connectivity index is 1.92. The molecule has 4 atom stereocenters. The van der Waals surface area contributed by atoms with E-state index in [1.807, 2.05) is 26.8 Å². The van der Waals surface area contributed by atoms with E-state index in [1.54, 1.807) is 6.07 Å². The Morgan fingerprint density at radius 1 is 1.18 bits per heavy atom. The zero-order valence-electron chi connectivity index (χ0n) is 20.9. The third-order valence-electron chi connectivity index (χ3n) is 6.44. The highest BCUT2D eigenvalue weighted by Gasteiger charge is 2.40. The number of carboxylic acids is 1. The van der Waals surface area contributed by atoms with Crippen LogP contribution < -0.4 is 0 Å². The highest BCUT2D eigenvalue weighted by molar-refractivity contribution is 5.89. The second-order valence-corrected chi connectivity index (χ2v) is 10.6. The van der Waals surface area contributed by atoms with E-state index in [2.05, 4.69) is 5.16 Å². The van der Waals surface area contributed by atoms with Gasteiger partial charge in [-0.25, -0.2) is 4.39 Å². The lowest BCUT2D eigenvalue weighted by atomic mass is 9.84. The molecule has 0 unspecified atom stereocenters. The molecule has 0 saturated heterocycles. The van der Waals surface area contributed by atoms with E-state index in [0.717, 1.165) is 37.0 Å². The Morgan fingerprint density at radius 3 is 2.59 bits per heavy atom. The lowest BCUT2D eigenvalue weighted by Gasteiger charge is -2.24. The monoisotopic (exact) mass is 479 g/mol. The molecule has 3 N–H and O–H groups in total. The number of unbranched alkanes of at least 4 members (excludes halogenated alkanes) is 3. The number of carboxylic acid groups (broad SMARTS) is 1. The summed E-state index contributed by atoms with van der Waals surface area (Å²) >= 11 is 0. The maximum Gasteiger partial charge on any atom is 0.303 e. The summed E-state index contributed by atoms with van der Waals surface area (Å²) in [7, 11) is 0. The quantitative estimate of drug-likeness (QED) is 0.242. The third-order valence-corrected chi connectivity index (χ3v) is 6.44. The highest BCUT2D eigenvalue weighted by Crippen LogP contribution is 2.38. The number of carbonyl (C=O) groups is 1. The number of aliphatic carboxylic acids is 1. The maximum atomic E-state index is 13.4. The van der Waals surface area contributed by atoms with Gasteiger partial charge in [-0.3, -0.25) is 4.79 Å². The number of hydrogen-bond acceptors (Lipinski definition) is 5. The van der Waals surface area contributed by atoms with Gasteiger partial charge in [-0.15, -0.1) is 0 Å². The smallest absolute Gasteiger partial charge is 0.303 e. The van der Waals surface area contributed by atoms with Gasteiger partial charge >= 0.3 is 5.97 Å². The summed E-state index contributed by atoms with van der Waals surface area (Å²) < 4.78 is 13.4. The molecule has 1 aromatic rings. The molecule has 0 aliphatic heterocycles. The molecule has 0 amide bonds. The summed E-state index contributed by atoms with van der Waals surface area (Å²) in [6.07, 6.45) is 6.37. The second-order valence-electron chi connectivity index (χ2n) is 10.6. The number of aryl methyl sites for hydroxylation is 1. The number of aliphatic hydroxyl groups excluding tert-OH is 2. The average molecular weight is 480 g/mol. The molecule has 7 heteroatoms. The SMILES string of the molecule is CC(C)(C)ON=C1C[C@H](O)[C@H](CCCCCCC(=O)O)[C@H]1CC[C@@H](O)CCc1cccc(F)c1. The van der Waals surface area contributed by atoms with Crippen molar-refractivity contribution in [3.8, 4) is 0 Å². The number of halogens is 1. The van der Waals surface area contributed by atoms with Crippen LogP contribution in [0.15, 0.2) is 29.4 Å². The van der Waals surface area contributed by atoms with E-state index in [9.17, 15) is 19.4 Å². The molecule has 192 valence electrons. The maximum absolute atomic E-state index is 13.4. The number of nitrogens with zero attached hydrogens (tertiary/aromatic N) is 1. The van der Waals surface area contributed by atoms with Crippen molar-refractivity contribution < 1.29 is 29.3 Å². The molecule has 0 bridgehead atoms. The molecule has 1 saturated carbocycles. The van der Waals surface area contributed by atoms with Gasteiger partial charge in [0.1, 0.15) is 11.4 Å². The first kappa shape index (κ1) is 28.2. The Kier molecular flexibility index (Phi) is 11.5. The molecule has 2 rings (SSSR count). The van der Waals surface area contributed by atoms with Crippen molar-refractivity contribution >= 4 is 11.7 Å². The fourth-order valence-corrected chi connectivity index (χ4v) is 4.66.